The molecule has 2 aromatic heterocycles. The van der Waals surface area contributed by atoms with E-state index in [1.165, 1.54) is 4.57 Å². The van der Waals surface area contributed by atoms with Crippen LogP contribution in [0, 0.1) is 13.8 Å². The van der Waals surface area contributed by atoms with Gasteiger partial charge in [-0.3, -0.25) is 18.7 Å². The van der Waals surface area contributed by atoms with Crippen molar-refractivity contribution in [3.8, 4) is 0 Å². The zero-order chi connectivity index (χ0) is 21.6. The van der Waals surface area contributed by atoms with Crippen LogP contribution < -0.4 is 16.6 Å². The Bertz CT molecular complexity index is 1260. The molecule has 8 heteroatoms. The molecule has 3 heterocycles. The second kappa shape index (κ2) is 7.60. The maximum atomic E-state index is 13.1. The van der Waals surface area contributed by atoms with Crippen molar-refractivity contribution in [1.29, 1.82) is 0 Å². The maximum absolute atomic E-state index is 13.1. The Morgan fingerprint density at radius 1 is 1.13 bits per heavy atom. The van der Waals surface area contributed by atoms with Gasteiger partial charge >= 0.3 is 5.69 Å². The fourth-order valence-electron chi connectivity index (χ4n) is 4.06. The van der Waals surface area contributed by atoms with Crippen LogP contribution in [0.25, 0.3) is 11.0 Å². The van der Waals surface area contributed by atoms with Crippen LogP contribution in [0.5, 0.6) is 0 Å². The molecule has 1 fully saturated rings. The molecule has 8 nitrogen and oxygen atoms in total. The van der Waals surface area contributed by atoms with Gasteiger partial charge in [0, 0.05) is 32.6 Å². The minimum Gasteiger partial charge on any atom is -0.376 e. The number of nitrogens with one attached hydrogen (secondary N) is 1. The number of carbonyl (C=O) groups excluding carboxylic acids is 1. The van der Waals surface area contributed by atoms with Crippen molar-refractivity contribution in [3.63, 3.8) is 0 Å². The Labute approximate surface area is 173 Å². The number of pyridine rings is 1. The number of rotatable bonds is 4. The van der Waals surface area contributed by atoms with E-state index >= 15 is 0 Å². The van der Waals surface area contributed by atoms with E-state index in [9.17, 15) is 14.4 Å². The van der Waals surface area contributed by atoms with E-state index in [0.29, 0.717) is 29.9 Å². The van der Waals surface area contributed by atoms with E-state index < -0.39 is 5.91 Å². The summed E-state index contributed by atoms with van der Waals surface area (Å²) in [6.45, 7) is 4.77. The molecule has 1 aliphatic rings. The van der Waals surface area contributed by atoms with E-state index in [-0.39, 0.29) is 22.9 Å². The van der Waals surface area contributed by atoms with Crippen LogP contribution in [0.4, 0.5) is 5.69 Å². The number of nitrogens with zero attached hydrogens (tertiary/aromatic N) is 3. The van der Waals surface area contributed by atoms with Gasteiger partial charge in [-0.05, 0) is 56.0 Å². The summed E-state index contributed by atoms with van der Waals surface area (Å²) in [5, 5.41) is 2.87. The van der Waals surface area contributed by atoms with Gasteiger partial charge in [0.15, 0.2) is 0 Å². The first-order valence-corrected chi connectivity index (χ1v) is 10.1. The van der Waals surface area contributed by atoms with Crippen molar-refractivity contribution in [2.45, 2.75) is 39.3 Å². The number of anilines is 1. The van der Waals surface area contributed by atoms with Crippen molar-refractivity contribution in [2.75, 3.05) is 11.9 Å². The molecule has 158 valence electrons. The van der Waals surface area contributed by atoms with Gasteiger partial charge in [-0.15, -0.1) is 0 Å². The Kier molecular flexibility index (Phi) is 5.11. The molecule has 1 aliphatic heterocycles. The molecule has 1 atom stereocenters. The second-order valence-electron chi connectivity index (χ2n) is 7.98. The van der Waals surface area contributed by atoms with Crippen molar-refractivity contribution in [3.05, 3.63) is 61.9 Å². The second-order valence-corrected chi connectivity index (χ2v) is 7.98. The highest BCUT2D eigenvalue weighted by Crippen LogP contribution is 2.23. The van der Waals surface area contributed by atoms with Gasteiger partial charge in [0.2, 0.25) is 0 Å². The van der Waals surface area contributed by atoms with Gasteiger partial charge in [0.25, 0.3) is 11.5 Å². The number of hydrogen-bond donors (Lipinski definition) is 1. The topological polar surface area (TPSA) is 87.3 Å². The van der Waals surface area contributed by atoms with Gasteiger partial charge in [-0.25, -0.2) is 4.79 Å². The molecule has 0 radical (unpaired) electrons. The zero-order valence-corrected chi connectivity index (χ0v) is 17.7. The van der Waals surface area contributed by atoms with E-state index in [1.54, 1.807) is 48.5 Å². The fourth-order valence-corrected chi connectivity index (χ4v) is 4.06. The first-order valence-electron chi connectivity index (χ1n) is 10.1. The van der Waals surface area contributed by atoms with E-state index in [1.807, 2.05) is 13.0 Å². The van der Waals surface area contributed by atoms with E-state index in [2.05, 4.69) is 5.32 Å². The van der Waals surface area contributed by atoms with E-state index in [4.69, 9.17) is 4.74 Å². The predicted octanol–water partition coefficient (Wildman–Crippen LogP) is 2.09. The third-order valence-electron chi connectivity index (χ3n) is 5.89. The smallest absolute Gasteiger partial charge is 0.328 e. The molecule has 1 N–H and O–H groups in total. The first kappa shape index (κ1) is 20.2. The van der Waals surface area contributed by atoms with Crippen molar-refractivity contribution >= 4 is 22.6 Å². The van der Waals surface area contributed by atoms with E-state index in [0.717, 1.165) is 23.9 Å². The molecule has 30 heavy (non-hydrogen) atoms. The molecule has 1 unspecified atom stereocenters. The van der Waals surface area contributed by atoms with Gasteiger partial charge in [0.05, 0.1) is 23.7 Å². The summed E-state index contributed by atoms with van der Waals surface area (Å²) >= 11 is 0. The highest BCUT2D eigenvalue weighted by molar-refractivity contribution is 6.06. The van der Waals surface area contributed by atoms with Crippen LogP contribution in [0.15, 0.2) is 34.0 Å². The minimum absolute atomic E-state index is 0.00494. The number of ether oxygens (including phenoxy) is 1. The monoisotopic (exact) mass is 410 g/mol. The number of fused-ring (bicyclic) bond motifs is 1. The highest BCUT2D eigenvalue weighted by atomic mass is 16.5. The number of carbonyl (C=O) groups is 1. The van der Waals surface area contributed by atoms with Crippen LogP contribution in [0.2, 0.25) is 0 Å². The number of benzene rings is 1. The SMILES string of the molecule is Cc1cc2c(cc1NC(=O)c1c(C)ccn(CC3CCCO3)c1=O)n(C)c(=O)n2C. The van der Waals surface area contributed by atoms with Crippen LogP contribution in [0.3, 0.4) is 0 Å². The summed E-state index contributed by atoms with van der Waals surface area (Å²) < 4.78 is 10.3. The third kappa shape index (κ3) is 3.37. The molecule has 3 aromatic rings. The number of aryl methyl sites for hydroxylation is 4. The number of aromatic nitrogens is 3. The Balaban J connectivity index is 1.69. The van der Waals surface area contributed by atoms with Crippen LogP contribution in [-0.2, 0) is 25.4 Å². The quantitative estimate of drug-likeness (QED) is 0.714. The lowest BCUT2D eigenvalue weighted by Crippen LogP contribution is -2.33. The van der Waals surface area contributed by atoms with Crippen LogP contribution >= 0.6 is 0 Å². The van der Waals surface area contributed by atoms with Gasteiger partial charge in [-0.2, -0.15) is 0 Å². The lowest BCUT2D eigenvalue weighted by atomic mass is 10.1. The summed E-state index contributed by atoms with van der Waals surface area (Å²) in [6.07, 6.45) is 3.62. The van der Waals surface area contributed by atoms with Gasteiger partial charge in [-0.1, -0.05) is 0 Å². The van der Waals surface area contributed by atoms with Gasteiger partial charge < -0.3 is 14.6 Å². The fraction of sp³-hybridized carbons (Fsp3) is 0.409. The Morgan fingerprint density at radius 2 is 1.83 bits per heavy atom. The van der Waals surface area contributed by atoms with Crippen LogP contribution in [0.1, 0.15) is 34.3 Å². The maximum Gasteiger partial charge on any atom is 0.328 e. The summed E-state index contributed by atoms with van der Waals surface area (Å²) in [5.41, 5.74) is 3.16. The summed E-state index contributed by atoms with van der Waals surface area (Å²) in [6, 6.07) is 5.41. The first-order chi connectivity index (χ1) is 14.3. The largest absolute Gasteiger partial charge is 0.376 e. The van der Waals surface area contributed by atoms with Gasteiger partial charge in [0.1, 0.15) is 5.56 Å². The predicted molar refractivity (Wildman–Crippen MR) is 115 cm³/mol. The minimum atomic E-state index is -0.456. The van der Waals surface area contributed by atoms with Crippen molar-refractivity contribution in [1.82, 2.24) is 13.7 Å². The number of amides is 1. The zero-order valence-electron chi connectivity index (χ0n) is 17.7. The van der Waals surface area contributed by atoms with Crippen LogP contribution in [-0.4, -0.2) is 32.3 Å². The molecule has 0 saturated carbocycles. The lowest BCUT2D eigenvalue weighted by Gasteiger charge is -2.15. The molecule has 0 bridgehead atoms. The molecule has 1 amide bonds. The molecule has 0 spiro atoms. The molecule has 4 rings (SSSR count). The standard InChI is InChI=1S/C22H26N4O4/c1-13-7-8-26(12-15-6-5-9-30-15)21(28)19(13)20(27)23-16-11-18-17(10-14(16)2)24(3)22(29)25(18)4/h7-8,10-11,15H,5-6,9,12H2,1-4H3,(H,23,27). The highest BCUT2D eigenvalue weighted by Gasteiger charge is 2.21. The average molecular weight is 410 g/mol. The molecular weight excluding hydrogens is 384 g/mol. The summed E-state index contributed by atoms with van der Waals surface area (Å²) in [4.78, 5) is 38.3. The number of imidazole rings is 1. The van der Waals surface area contributed by atoms with Crippen molar-refractivity contribution in [2.24, 2.45) is 14.1 Å². The Morgan fingerprint density at radius 3 is 2.50 bits per heavy atom. The summed E-state index contributed by atoms with van der Waals surface area (Å²) in [7, 11) is 3.41. The molecule has 1 saturated heterocycles. The molecule has 1 aromatic carbocycles. The Hall–Kier alpha value is -3.13. The van der Waals surface area contributed by atoms with Crippen molar-refractivity contribution < 1.29 is 9.53 Å². The average Bonchev–Trinajstić information content (AvgIpc) is 3.29. The normalized spacial score (nSPS) is 16.3. The molecular formula is C22H26N4O4. The molecule has 0 aliphatic carbocycles. The number of hydrogen-bond acceptors (Lipinski definition) is 4. The third-order valence-corrected chi connectivity index (χ3v) is 5.89. The lowest BCUT2D eigenvalue weighted by molar-refractivity contribution is 0.0952. The summed E-state index contributed by atoms with van der Waals surface area (Å²) in [5.74, 6) is -0.456.